The number of halogens is 1. The van der Waals surface area contributed by atoms with E-state index in [1.165, 1.54) is 6.33 Å². The van der Waals surface area contributed by atoms with Gasteiger partial charge < -0.3 is 5.32 Å². The molecule has 2 aromatic carbocycles. The zero-order valence-corrected chi connectivity index (χ0v) is 13.1. The van der Waals surface area contributed by atoms with E-state index in [0.717, 1.165) is 9.26 Å². The zero-order chi connectivity index (χ0) is 14.7. The van der Waals surface area contributed by atoms with E-state index in [2.05, 4.69) is 38.0 Å². The number of nitrogens with one attached hydrogen (secondary N) is 1. The minimum atomic E-state index is -0.154. The van der Waals surface area contributed by atoms with E-state index in [1.807, 2.05) is 36.4 Å². The molecule has 0 aliphatic carbocycles. The van der Waals surface area contributed by atoms with Crippen LogP contribution in [-0.4, -0.2) is 20.7 Å². The molecule has 0 aliphatic rings. The molecule has 0 saturated heterocycles. The van der Waals surface area contributed by atoms with Gasteiger partial charge in [-0.2, -0.15) is 5.10 Å². The molecular weight excluding hydrogens is 379 g/mol. The predicted octanol–water partition coefficient (Wildman–Crippen LogP) is 3.12. The van der Waals surface area contributed by atoms with Crippen molar-refractivity contribution in [2.75, 3.05) is 5.32 Å². The number of carbonyl (C=O) groups is 1. The second kappa shape index (κ2) is 6.04. The Labute approximate surface area is 135 Å². The van der Waals surface area contributed by atoms with Crippen LogP contribution in [0.4, 0.5) is 5.69 Å². The molecule has 3 aromatic rings. The van der Waals surface area contributed by atoms with Crippen LogP contribution in [0.15, 0.2) is 61.2 Å². The molecule has 3 rings (SSSR count). The van der Waals surface area contributed by atoms with Crippen LogP contribution >= 0.6 is 22.6 Å². The zero-order valence-electron chi connectivity index (χ0n) is 10.9. The summed E-state index contributed by atoms with van der Waals surface area (Å²) in [5, 5.41) is 7.00. The van der Waals surface area contributed by atoms with E-state index in [1.54, 1.807) is 23.1 Å². The molecule has 104 valence electrons. The van der Waals surface area contributed by atoms with Crippen molar-refractivity contribution in [2.45, 2.75) is 0 Å². The van der Waals surface area contributed by atoms with Gasteiger partial charge in [-0.25, -0.2) is 9.67 Å². The van der Waals surface area contributed by atoms with Crippen LogP contribution in [-0.2, 0) is 0 Å². The fraction of sp³-hybridized carbons (Fsp3) is 0. The summed E-state index contributed by atoms with van der Waals surface area (Å²) in [5.74, 6) is -0.154. The van der Waals surface area contributed by atoms with Crippen LogP contribution in [0.2, 0.25) is 0 Å². The predicted molar refractivity (Wildman–Crippen MR) is 88.5 cm³/mol. The van der Waals surface area contributed by atoms with Crippen molar-refractivity contribution in [3.05, 3.63) is 70.3 Å². The maximum absolute atomic E-state index is 12.3. The van der Waals surface area contributed by atoms with Crippen molar-refractivity contribution in [1.29, 1.82) is 0 Å². The van der Waals surface area contributed by atoms with Crippen LogP contribution < -0.4 is 5.32 Å². The Balaban J connectivity index is 1.88. The molecule has 0 atom stereocenters. The average Bonchev–Trinajstić information content (AvgIpc) is 3.02. The second-order valence-corrected chi connectivity index (χ2v) is 5.56. The van der Waals surface area contributed by atoms with Crippen LogP contribution in [0.3, 0.4) is 0 Å². The molecule has 1 N–H and O–H groups in total. The summed E-state index contributed by atoms with van der Waals surface area (Å²) < 4.78 is 2.70. The highest BCUT2D eigenvalue weighted by molar-refractivity contribution is 14.1. The minimum Gasteiger partial charge on any atom is -0.320 e. The molecule has 1 aromatic heterocycles. The molecule has 0 spiro atoms. The summed E-state index contributed by atoms with van der Waals surface area (Å²) in [6.07, 6.45) is 3.05. The molecule has 21 heavy (non-hydrogen) atoms. The van der Waals surface area contributed by atoms with Crippen molar-refractivity contribution in [3.8, 4) is 5.69 Å². The van der Waals surface area contributed by atoms with Gasteiger partial charge in [0.2, 0.25) is 0 Å². The van der Waals surface area contributed by atoms with Gasteiger partial charge in [-0.15, -0.1) is 0 Å². The first-order valence-corrected chi connectivity index (χ1v) is 7.33. The van der Waals surface area contributed by atoms with E-state index < -0.39 is 0 Å². The van der Waals surface area contributed by atoms with Gasteiger partial charge in [-0.3, -0.25) is 4.79 Å². The molecule has 0 fully saturated rings. The highest BCUT2D eigenvalue weighted by Crippen LogP contribution is 2.19. The van der Waals surface area contributed by atoms with E-state index in [9.17, 15) is 4.79 Å². The number of aromatic nitrogens is 3. The molecule has 0 saturated carbocycles. The molecule has 6 heteroatoms. The average molecular weight is 390 g/mol. The lowest BCUT2D eigenvalue weighted by Gasteiger charge is -2.10. The number of carbonyl (C=O) groups excluding carboxylic acids is 1. The SMILES string of the molecule is O=C(Nc1ccccc1-n1cncn1)c1ccc(I)cc1. The monoisotopic (exact) mass is 390 g/mol. The number of benzene rings is 2. The van der Waals surface area contributed by atoms with Crippen LogP contribution in [0.5, 0.6) is 0 Å². The summed E-state index contributed by atoms with van der Waals surface area (Å²) in [6, 6.07) is 14.9. The molecule has 0 aliphatic heterocycles. The number of para-hydroxylation sites is 2. The number of rotatable bonds is 3. The Morgan fingerprint density at radius 3 is 2.57 bits per heavy atom. The first-order valence-electron chi connectivity index (χ1n) is 6.25. The van der Waals surface area contributed by atoms with E-state index in [4.69, 9.17) is 0 Å². The third kappa shape index (κ3) is 3.10. The Bertz CT molecular complexity index is 754. The van der Waals surface area contributed by atoms with Gasteiger partial charge in [-0.1, -0.05) is 12.1 Å². The normalized spacial score (nSPS) is 10.3. The Morgan fingerprint density at radius 1 is 1.10 bits per heavy atom. The number of amides is 1. The molecule has 1 heterocycles. The summed E-state index contributed by atoms with van der Waals surface area (Å²) in [6.45, 7) is 0. The van der Waals surface area contributed by atoms with Gasteiger partial charge in [-0.05, 0) is 59.0 Å². The van der Waals surface area contributed by atoms with Gasteiger partial charge in [0, 0.05) is 9.13 Å². The third-order valence-corrected chi connectivity index (χ3v) is 3.64. The second-order valence-electron chi connectivity index (χ2n) is 4.32. The van der Waals surface area contributed by atoms with Gasteiger partial charge in [0.1, 0.15) is 12.7 Å². The summed E-state index contributed by atoms with van der Waals surface area (Å²) >= 11 is 2.21. The van der Waals surface area contributed by atoms with Gasteiger partial charge in [0.05, 0.1) is 11.4 Å². The number of hydrogen-bond acceptors (Lipinski definition) is 3. The Kier molecular flexibility index (Phi) is 3.96. The molecule has 0 unspecified atom stereocenters. The first kappa shape index (κ1) is 13.7. The molecular formula is C15H11IN4O. The molecule has 1 amide bonds. The van der Waals surface area contributed by atoms with Gasteiger partial charge in [0.25, 0.3) is 5.91 Å². The standard InChI is InChI=1S/C15H11IN4O/c16-12-7-5-11(6-8-12)15(21)19-13-3-1-2-4-14(13)20-10-17-9-18-20/h1-10H,(H,19,21). The van der Waals surface area contributed by atoms with E-state index in [-0.39, 0.29) is 5.91 Å². The fourth-order valence-corrected chi connectivity index (χ4v) is 2.27. The van der Waals surface area contributed by atoms with Crippen molar-refractivity contribution < 1.29 is 4.79 Å². The van der Waals surface area contributed by atoms with Crippen LogP contribution in [0.1, 0.15) is 10.4 Å². The molecule has 5 nitrogen and oxygen atoms in total. The Morgan fingerprint density at radius 2 is 1.86 bits per heavy atom. The highest BCUT2D eigenvalue weighted by Gasteiger charge is 2.10. The van der Waals surface area contributed by atoms with E-state index in [0.29, 0.717) is 11.3 Å². The highest BCUT2D eigenvalue weighted by atomic mass is 127. The third-order valence-electron chi connectivity index (χ3n) is 2.92. The maximum Gasteiger partial charge on any atom is 0.255 e. The van der Waals surface area contributed by atoms with Crippen molar-refractivity contribution >= 4 is 34.2 Å². The minimum absolute atomic E-state index is 0.154. The van der Waals surface area contributed by atoms with Gasteiger partial charge in [0.15, 0.2) is 0 Å². The topological polar surface area (TPSA) is 59.8 Å². The first-order chi connectivity index (χ1) is 10.2. The Hall–Kier alpha value is -2.22. The molecule has 0 radical (unpaired) electrons. The number of hydrogen-bond donors (Lipinski definition) is 1. The lowest BCUT2D eigenvalue weighted by molar-refractivity contribution is 0.102. The smallest absolute Gasteiger partial charge is 0.255 e. The number of anilines is 1. The summed E-state index contributed by atoms with van der Waals surface area (Å²) in [5.41, 5.74) is 2.07. The summed E-state index contributed by atoms with van der Waals surface area (Å²) in [4.78, 5) is 16.2. The van der Waals surface area contributed by atoms with Crippen molar-refractivity contribution in [3.63, 3.8) is 0 Å². The summed E-state index contributed by atoms with van der Waals surface area (Å²) in [7, 11) is 0. The van der Waals surface area contributed by atoms with E-state index >= 15 is 0 Å². The quantitative estimate of drug-likeness (QED) is 0.700. The lowest BCUT2D eigenvalue weighted by atomic mass is 10.2. The van der Waals surface area contributed by atoms with Crippen molar-refractivity contribution in [2.24, 2.45) is 0 Å². The fourth-order valence-electron chi connectivity index (χ4n) is 1.91. The van der Waals surface area contributed by atoms with Crippen LogP contribution in [0, 0.1) is 3.57 Å². The lowest BCUT2D eigenvalue weighted by Crippen LogP contribution is -2.13. The van der Waals surface area contributed by atoms with Crippen molar-refractivity contribution in [1.82, 2.24) is 14.8 Å². The maximum atomic E-state index is 12.3. The molecule has 0 bridgehead atoms. The largest absolute Gasteiger partial charge is 0.320 e. The number of nitrogens with zero attached hydrogens (tertiary/aromatic N) is 3. The van der Waals surface area contributed by atoms with Gasteiger partial charge >= 0.3 is 0 Å². The van der Waals surface area contributed by atoms with Crippen LogP contribution in [0.25, 0.3) is 5.69 Å².